The van der Waals surface area contributed by atoms with Gasteiger partial charge in [0.2, 0.25) is 0 Å². The van der Waals surface area contributed by atoms with Crippen LogP contribution in [0.25, 0.3) is 0 Å². The monoisotopic (exact) mass is 280 g/mol. The van der Waals surface area contributed by atoms with Gasteiger partial charge < -0.3 is 20.1 Å². The Labute approximate surface area is 120 Å². The van der Waals surface area contributed by atoms with Crippen molar-refractivity contribution in [3.8, 4) is 5.75 Å². The van der Waals surface area contributed by atoms with Crippen LogP contribution in [-0.2, 0) is 9.53 Å². The van der Waals surface area contributed by atoms with Gasteiger partial charge in [-0.05, 0) is 37.1 Å². The number of amides is 1. The molecule has 1 aromatic rings. The molecule has 0 aliphatic heterocycles. The van der Waals surface area contributed by atoms with E-state index in [1.807, 2.05) is 32.0 Å². The lowest BCUT2D eigenvalue weighted by atomic mass is 10.1. The van der Waals surface area contributed by atoms with Crippen LogP contribution in [0.3, 0.4) is 0 Å². The molecule has 5 nitrogen and oxygen atoms in total. The summed E-state index contributed by atoms with van der Waals surface area (Å²) in [6.45, 7) is 6.86. The Hall–Kier alpha value is -1.59. The van der Waals surface area contributed by atoms with E-state index in [0.29, 0.717) is 13.2 Å². The standard InChI is InChI=1S/C15H24N2O3/c1-12-4-5-14(10-13(12)2)20-11-15(18)17-7-6-16-8-9-19-3/h4-5,10,16H,6-9,11H2,1-3H3,(H,17,18). The van der Waals surface area contributed by atoms with E-state index in [1.165, 1.54) is 5.56 Å². The first kappa shape index (κ1) is 16.5. The second-order valence-corrected chi connectivity index (χ2v) is 4.63. The Morgan fingerprint density at radius 3 is 2.65 bits per heavy atom. The largest absolute Gasteiger partial charge is 0.484 e. The average molecular weight is 280 g/mol. The van der Waals surface area contributed by atoms with Crippen LogP contribution in [0, 0.1) is 13.8 Å². The summed E-state index contributed by atoms with van der Waals surface area (Å²) in [7, 11) is 1.66. The van der Waals surface area contributed by atoms with Crippen molar-refractivity contribution in [3.63, 3.8) is 0 Å². The molecule has 0 saturated heterocycles. The number of hydrogen-bond donors (Lipinski definition) is 2. The van der Waals surface area contributed by atoms with Crippen molar-refractivity contribution in [1.82, 2.24) is 10.6 Å². The first-order chi connectivity index (χ1) is 9.63. The third-order valence-electron chi connectivity index (χ3n) is 2.96. The SMILES string of the molecule is COCCNCCNC(=O)COc1ccc(C)c(C)c1. The molecule has 0 aliphatic rings. The van der Waals surface area contributed by atoms with Gasteiger partial charge in [0.25, 0.3) is 5.91 Å². The molecule has 0 heterocycles. The summed E-state index contributed by atoms with van der Waals surface area (Å²) in [6.07, 6.45) is 0. The van der Waals surface area contributed by atoms with Gasteiger partial charge in [-0.25, -0.2) is 0 Å². The van der Waals surface area contributed by atoms with E-state index in [1.54, 1.807) is 7.11 Å². The van der Waals surface area contributed by atoms with Crippen LogP contribution in [0.5, 0.6) is 5.75 Å². The lowest BCUT2D eigenvalue weighted by Gasteiger charge is -2.09. The first-order valence-electron chi connectivity index (χ1n) is 6.80. The predicted molar refractivity (Wildman–Crippen MR) is 79.2 cm³/mol. The van der Waals surface area contributed by atoms with Crippen LogP contribution in [0.15, 0.2) is 18.2 Å². The minimum absolute atomic E-state index is 0.0422. The van der Waals surface area contributed by atoms with Crippen LogP contribution >= 0.6 is 0 Å². The summed E-state index contributed by atoms with van der Waals surface area (Å²) in [4.78, 5) is 11.6. The number of nitrogens with one attached hydrogen (secondary N) is 2. The third-order valence-corrected chi connectivity index (χ3v) is 2.96. The average Bonchev–Trinajstić information content (AvgIpc) is 2.44. The molecule has 0 aliphatic carbocycles. The molecular formula is C15H24N2O3. The van der Waals surface area contributed by atoms with Crippen LogP contribution in [0.2, 0.25) is 0 Å². The first-order valence-corrected chi connectivity index (χ1v) is 6.80. The smallest absolute Gasteiger partial charge is 0.257 e. The van der Waals surface area contributed by atoms with E-state index < -0.39 is 0 Å². The maximum absolute atomic E-state index is 11.6. The molecule has 0 radical (unpaired) electrons. The lowest BCUT2D eigenvalue weighted by molar-refractivity contribution is -0.123. The fraction of sp³-hybridized carbons (Fsp3) is 0.533. The molecular weight excluding hydrogens is 256 g/mol. The van der Waals surface area contributed by atoms with E-state index in [0.717, 1.165) is 24.4 Å². The van der Waals surface area contributed by atoms with Crippen molar-refractivity contribution in [2.24, 2.45) is 0 Å². The third kappa shape index (κ3) is 6.54. The molecule has 112 valence electrons. The van der Waals surface area contributed by atoms with Crippen molar-refractivity contribution in [3.05, 3.63) is 29.3 Å². The highest BCUT2D eigenvalue weighted by Crippen LogP contribution is 2.16. The minimum atomic E-state index is -0.114. The highest BCUT2D eigenvalue weighted by atomic mass is 16.5. The number of hydrogen-bond acceptors (Lipinski definition) is 4. The maximum atomic E-state index is 11.6. The van der Waals surface area contributed by atoms with E-state index in [-0.39, 0.29) is 12.5 Å². The van der Waals surface area contributed by atoms with Crippen molar-refractivity contribution >= 4 is 5.91 Å². The summed E-state index contributed by atoms with van der Waals surface area (Å²) in [5, 5.41) is 5.94. The number of methoxy groups -OCH3 is 1. The molecule has 1 amide bonds. The molecule has 1 rings (SSSR count). The molecule has 0 fully saturated rings. The number of benzene rings is 1. The molecule has 0 spiro atoms. The predicted octanol–water partition coefficient (Wildman–Crippen LogP) is 1.03. The van der Waals surface area contributed by atoms with Crippen molar-refractivity contribution < 1.29 is 14.3 Å². The van der Waals surface area contributed by atoms with Crippen LogP contribution in [-0.4, -0.2) is 45.9 Å². The maximum Gasteiger partial charge on any atom is 0.257 e. The number of ether oxygens (including phenoxy) is 2. The Kier molecular flexibility index (Phi) is 7.69. The zero-order chi connectivity index (χ0) is 14.8. The summed E-state index contributed by atoms with van der Waals surface area (Å²) in [5.41, 5.74) is 2.37. The molecule has 0 saturated carbocycles. The molecule has 0 atom stereocenters. The summed E-state index contributed by atoms with van der Waals surface area (Å²) >= 11 is 0. The highest BCUT2D eigenvalue weighted by Gasteiger charge is 2.03. The topological polar surface area (TPSA) is 59.6 Å². The van der Waals surface area contributed by atoms with Gasteiger partial charge in [-0.2, -0.15) is 0 Å². The van der Waals surface area contributed by atoms with Crippen molar-refractivity contribution in [2.45, 2.75) is 13.8 Å². The van der Waals surface area contributed by atoms with Gasteiger partial charge in [-0.3, -0.25) is 4.79 Å². The zero-order valence-corrected chi connectivity index (χ0v) is 12.5. The highest BCUT2D eigenvalue weighted by molar-refractivity contribution is 5.77. The molecule has 2 N–H and O–H groups in total. The van der Waals surface area contributed by atoms with Gasteiger partial charge in [0.05, 0.1) is 6.61 Å². The van der Waals surface area contributed by atoms with E-state index >= 15 is 0 Å². The van der Waals surface area contributed by atoms with Crippen molar-refractivity contribution in [1.29, 1.82) is 0 Å². The van der Waals surface area contributed by atoms with Gasteiger partial charge in [0.1, 0.15) is 5.75 Å². The van der Waals surface area contributed by atoms with Gasteiger partial charge in [0.15, 0.2) is 6.61 Å². The van der Waals surface area contributed by atoms with Gasteiger partial charge >= 0.3 is 0 Å². The van der Waals surface area contributed by atoms with Crippen molar-refractivity contribution in [2.75, 3.05) is 40.0 Å². The molecule has 1 aromatic carbocycles. The van der Waals surface area contributed by atoms with E-state index in [9.17, 15) is 4.79 Å². The molecule has 5 heteroatoms. The second kappa shape index (κ2) is 9.34. The molecule has 0 unspecified atom stereocenters. The summed E-state index contributed by atoms with van der Waals surface area (Å²) < 4.78 is 10.4. The quantitative estimate of drug-likeness (QED) is 0.663. The Morgan fingerprint density at radius 1 is 1.15 bits per heavy atom. The number of rotatable bonds is 9. The summed E-state index contributed by atoms with van der Waals surface area (Å²) in [6, 6.07) is 5.80. The van der Waals surface area contributed by atoms with E-state index in [2.05, 4.69) is 10.6 Å². The van der Waals surface area contributed by atoms with Gasteiger partial charge in [-0.15, -0.1) is 0 Å². The summed E-state index contributed by atoms with van der Waals surface area (Å²) in [5.74, 6) is 0.609. The van der Waals surface area contributed by atoms with Crippen LogP contribution in [0.1, 0.15) is 11.1 Å². The molecule has 20 heavy (non-hydrogen) atoms. The molecule has 0 bridgehead atoms. The van der Waals surface area contributed by atoms with Crippen LogP contribution < -0.4 is 15.4 Å². The zero-order valence-electron chi connectivity index (χ0n) is 12.5. The minimum Gasteiger partial charge on any atom is -0.484 e. The normalized spacial score (nSPS) is 10.3. The molecule has 0 aromatic heterocycles. The fourth-order valence-electron chi connectivity index (χ4n) is 1.59. The number of aryl methyl sites for hydroxylation is 2. The second-order valence-electron chi connectivity index (χ2n) is 4.63. The van der Waals surface area contributed by atoms with Gasteiger partial charge in [-0.1, -0.05) is 6.07 Å². The van der Waals surface area contributed by atoms with Gasteiger partial charge in [0, 0.05) is 26.7 Å². The number of carbonyl (C=O) groups is 1. The lowest BCUT2D eigenvalue weighted by Crippen LogP contribution is -2.35. The van der Waals surface area contributed by atoms with E-state index in [4.69, 9.17) is 9.47 Å². The van der Waals surface area contributed by atoms with Crippen LogP contribution in [0.4, 0.5) is 0 Å². The fourth-order valence-corrected chi connectivity index (χ4v) is 1.59. The Balaban J connectivity index is 2.15. The Morgan fingerprint density at radius 2 is 1.95 bits per heavy atom. The number of carbonyl (C=O) groups excluding carboxylic acids is 1. The Bertz CT molecular complexity index is 422.